The molecule has 1 saturated heterocycles. The van der Waals surface area contributed by atoms with Crippen LogP contribution in [-0.4, -0.2) is 94.6 Å². The standard InChI is InChI=1S/C61H71N5O7/c1-3-63-31-45-44(21-40-30-65-46-28-47(67)41-12-10-39-29-66-60-56(39)57(41)59(46)55(40)58(45)60)37-15-18-61(53(72)24-37)17-14-36(43-27-50(70)51(73-2)23-35(43)11-13-52(61)71)22-48(68)49(69)26-42(38-16-19-64-54(62)25-38)34-9-8-32-6-4-5-7-33(32)20-34/h4-10,12,16,20,23,25,27,29,36-37,40-42,44-46,48-49,53,55,57-59,63-66,68-70,72H,3,11,13,15,18-19,21-22,24,26,28,30-31,62H2,1-2H3/t36-,37+,40-,41+,42+,44+,45+,46-,48+,49-,53-,55+,57-,58-,59-,61-/m1/s1. The fraction of sp³-hybridized carbons (Fsp3) is 0.508. The maximum absolute atomic E-state index is 14.9. The number of aliphatic hydroxyl groups excluding tert-OH is 3. The molecule has 0 bridgehead atoms. The molecule has 16 atom stereocenters. The number of H-pyrrole nitrogens is 1. The number of ether oxygens (including phenoxy) is 1. The number of carbonyl (C=O) groups excluding carboxylic acids is 2. The molecule has 3 aromatic carbocycles. The number of allylic oxidation sites excluding steroid dienone is 3. The first-order valence-electron chi connectivity index (χ1n) is 27.2. The van der Waals surface area contributed by atoms with Crippen LogP contribution < -0.4 is 26.4 Å². The molecule has 0 amide bonds. The monoisotopic (exact) mass is 986 g/mol. The summed E-state index contributed by atoms with van der Waals surface area (Å²) in [6, 6.07) is 18.0. The number of aliphatic hydroxyl groups is 3. The fourth-order valence-electron chi connectivity index (χ4n) is 16.0. The smallest absolute Gasteiger partial charge is 0.160 e. The highest BCUT2D eigenvalue weighted by Crippen LogP contribution is 2.66. The fourth-order valence-corrected chi connectivity index (χ4v) is 16.0. The number of aromatic nitrogens is 1. The van der Waals surface area contributed by atoms with Crippen LogP contribution in [0.2, 0.25) is 0 Å². The average molecular weight is 986 g/mol. The molecule has 1 spiro atoms. The van der Waals surface area contributed by atoms with Gasteiger partial charge in [0.15, 0.2) is 17.3 Å². The van der Waals surface area contributed by atoms with Gasteiger partial charge in [-0.3, -0.25) is 9.59 Å². The van der Waals surface area contributed by atoms with E-state index in [0.29, 0.717) is 84.9 Å². The van der Waals surface area contributed by atoms with E-state index in [1.165, 1.54) is 23.9 Å². The Bertz CT molecular complexity index is 2980. The number of Topliss-reactive ketones (excluding diaryl/α,β-unsaturated/α-hetero) is 2. The van der Waals surface area contributed by atoms with Crippen LogP contribution in [-0.2, 0) is 16.0 Å². The number of nitrogens with two attached hydrogens (primary N) is 1. The van der Waals surface area contributed by atoms with Gasteiger partial charge in [0.25, 0.3) is 0 Å². The number of dihydropyridines is 1. The van der Waals surface area contributed by atoms with E-state index in [1.807, 2.05) is 18.2 Å². The first-order valence-corrected chi connectivity index (χ1v) is 27.2. The van der Waals surface area contributed by atoms with Crippen molar-refractivity contribution in [1.29, 1.82) is 0 Å². The summed E-state index contributed by atoms with van der Waals surface area (Å²) in [5.41, 5.74) is 12.3. The number of phenolic OH excluding ortho intramolecular Hbond substituents is 1. The van der Waals surface area contributed by atoms with E-state index in [4.69, 9.17) is 10.5 Å². The molecule has 12 nitrogen and oxygen atoms in total. The van der Waals surface area contributed by atoms with E-state index in [1.54, 1.807) is 12.1 Å². The summed E-state index contributed by atoms with van der Waals surface area (Å²) >= 11 is 0. The first-order chi connectivity index (χ1) is 35.4. The minimum atomic E-state index is -1.32. The van der Waals surface area contributed by atoms with Gasteiger partial charge >= 0.3 is 0 Å². The Morgan fingerprint density at radius 1 is 1.00 bits per heavy atom. The van der Waals surface area contributed by atoms with E-state index in [2.05, 4.69) is 94.5 Å². The SMILES string of the molecule is CCNC[C@H]1[C@H]([C@H]2CC[C@@]3(C#C[C@H](C[C@H](O)[C@H](O)C[C@H](C4=CCNC(N)=C4)c4ccc5ccccc5c4)c4cc(O)c(OC)cc4CCC3=O)[C@H](O)C2)C[C@@H]2CN[C@@H]3CC(=O)[C@@H]4C=Cc5c[nH]c6c5[C@@H]4[C@H]3[C@@H]2[C@H]61. The zero-order chi connectivity index (χ0) is 50.3. The number of methoxy groups -OCH3 is 1. The topological polar surface area (TPSA) is 202 Å². The molecule has 73 heavy (non-hydrogen) atoms. The Morgan fingerprint density at radius 2 is 1.85 bits per heavy atom. The Hall–Kier alpha value is -5.68. The van der Waals surface area contributed by atoms with Gasteiger partial charge in [-0.2, -0.15) is 0 Å². The zero-order valence-corrected chi connectivity index (χ0v) is 42.0. The number of aromatic amines is 1. The maximum atomic E-state index is 14.9. The lowest BCUT2D eigenvalue weighted by Gasteiger charge is -2.62. The molecule has 3 saturated carbocycles. The molecular weight excluding hydrogens is 915 g/mol. The number of aryl methyl sites for hydroxylation is 1. The molecule has 6 aliphatic carbocycles. The van der Waals surface area contributed by atoms with Crippen LogP contribution in [0.25, 0.3) is 16.8 Å². The minimum absolute atomic E-state index is 0.0287. The molecule has 2 aliphatic heterocycles. The second kappa shape index (κ2) is 19.2. The van der Waals surface area contributed by atoms with Crippen molar-refractivity contribution in [2.24, 2.45) is 52.6 Å². The van der Waals surface area contributed by atoms with Crippen molar-refractivity contribution in [1.82, 2.24) is 20.9 Å². The second-order valence-electron chi connectivity index (χ2n) is 22.9. The number of aromatic hydroxyl groups is 1. The lowest BCUT2D eigenvalue weighted by molar-refractivity contribution is -0.137. The lowest BCUT2D eigenvalue weighted by atomic mass is 9.44. The summed E-state index contributed by atoms with van der Waals surface area (Å²) in [4.78, 5) is 32.3. The van der Waals surface area contributed by atoms with Crippen LogP contribution in [0.15, 0.2) is 90.4 Å². The van der Waals surface area contributed by atoms with E-state index in [0.717, 1.165) is 59.9 Å². The van der Waals surface area contributed by atoms with Crippen LogP contribution in [0.3, 0.4) is 0 Å². The molecule has 8 aliphatic rings. The number of hydrogen-bond donors (Lipinski definition) is 9. The van der Waals surface area contributed by atoms with Crippen LogP contribution >= 0.6 is 0 Å². The molecule has 0 radical (unpaired) electrons. The van der Waals surface area contributed by atoms with Gasteiger partial charge in [0.1, 0.15) is 11.2 Å². The Balaban J connectivity index is 0.843. The van der Waals surface area contributed by atoms with Gasteiger partial charge in [-0.1, -0.05) is 79.5 Å². The van der Waals surface area contributed by atoms with Crippen molar-refractivity contribution in [2.75, 3.05) is 33.3 Å². The van der Waals surface area contributed by atoms with Crippen molar-refractivity contribution in [2.45, 2.75) is 113 Å². The average Bonchev–Trinajstić information content (AvgIpc) is 3.86. The Labute approximate surface area is 428 Å². The third-order valence-corrected chi connectivity index (χ3v) is 19.4. The highest BCUT2D eigenvalue weighted by molar-refractivity contribution is 5.90. The number of ketones is 2. The summed E-state index contributed by atoms with van der Waals surface area (Å²) < 4.78 is 5.56. The van der Waals surface area contributed by atoms with Gasteiger partial charge in [-0.25, -0.2) is 0 Å². The van der Waals surface area contributed by atoms with Gasteiger partial charge < -0.3 is 51.8 Å². The van der Waals surface area contributed by atoms with Crippen molar-refractivity contribution in [3.8, 4) is 23.3 Å². The molecule has 3 heterocycles. The number of piperidine rings is 1. The molecule has 1 aromatic heterocycles. The summed E-state index contributed by atoms with van der Waals surface area (Å²) in [6.07, 6.45) is 11.0. The number of benzene rings is 3. The Kier molecular flexibility index (Phi) is 12.7. The molecular formula is C61H71N5O7. The van der Waals surface area contributed by atoms with Crippen LogP contribution in [0.5, 0.6) is 11.5 Å². The minimum Gasteiger partial charge on any atom is -0.504 e. The Morgan fingerprint density at radius 3 is 2.66 bits per heavy atom. The number of phenols is 1. The lowest BCUT2D eigenvalue weighted by Crippen LogP contribution is -2.64. The number of nitrogens with one attached hydrogen (secondary N) is 4. The van der Waals surface area contributed by atoms with Crippen molar-refractivity contribution >= 4 is 28.4 Å². The number of rotatable bonds is 12. The van der Waals surface area contributed by atoms with Gasteiger partial charge in [0, 0.05) is 66.9 Å². The van der Waals surface area contributed by atoms with Crippen molar-refractivity contribution in [3.05, 3.63) is 124 Å². The molecule has 4 fully saturated rings. The van der Waals surface area contributed by atoms with E-state index in [-0.39, 0.29) is 66.3 Å². The van der Waals surface area contributed by atoms with Crippen LogP contribution in [0.4, 0.5) is 0 Å². The van der Waals surface area contributed by atoms with Crippen molar-refractivity contribution < 1.29 is 34.8 Å². The zero-order valence-electron chi connectivity index (χ0n) is 42.0. The normalized spacial score (nSPS) is 34.1. The third kappa shape index (κ3) is 8.25. The summed E-state index contributed by atoms with van der Waals surface area (Å²) in [6.45, 7) is 5.31. The van der Waals surface area contributed by atoms with Crippen LogP contribution in [0, 0.1) is 58.7 Å². The first kappa shape index (κ1) is 48.3. The summed E-state index contributed by atoms with van der Waals surface area (Å²) in [5.74, 6) is 9.40. The highest BCUT2D eigenvalue weighted by Gasteiger charge is 2.63. The van der Waals surface area contributed by atoms with Gasteiger partial charge in [-0.05, 0) is 162 Å². The number of fused-ring (bicyclic) bond motifs is 3. The molecule has 10 N–H and O–H groups in total. The molecule has 4 aromatic rings. The predicted molar refractivity (Wildman–Crippen MR) is 281 cm³/mol. The molecule has 12 heteroatoms. The molecule has 382 valence electrons. The largest absolute Gasteiger partial charge is 0.504 e. The summed E-state index contributed by atoms with van der Waals surface area (Å²) in [7, 11) is 1.49. The molecule has 12 rings (SSSR count). The number of hydrogen-bond acceptors (Lipinski definition) is 11. The van der Waals surface area contributed by atoms with E-state index >= 15 is 0 Å². The predicted octanol–water partition coefficient (Wildman–Crippen LogP) is 6.81. The quantitative estimate of drug-likeness (QED) is 0.0676. The van der Waals surface area contributed by atoms with Crippen LogP contribution in [0.1, 0.15) is 115 Å². The highest BCUT2D eigenvalue weighted by atomic mass is 16.5. The third-order valence-electron chi connectivity index (χ3n) is 19.4. The molecule has 0 unspecified atom stereocenters. The number of carbonyl (C=O) groups is 2. The van der Waals surface area contributed by atoms with E-state index in [9.17, 15) is 30.0 Å². The maximum Gasteiger partial charge on any atom is 0.160 e. The van der Waals surface area contributed by atoms with E-state index < -0.39 is 29.6 Å². The van der Waals surface area contributed by atoms with Crippen molar-refractivity contribution in [3.63, 3.8) is 0 Å². The second-order valence-corrected chi connectivity index (χ2v) is 22.9. The summed E-state index contributed by atoms with van der Waals surface area (Å²) in [5, 5.41) is 61.2. The van der Waals surface area contributed by atoms with Gasteiger partial charge in [0.05, 0.1) is 31.2 Å². The van der Waals surface area contributed by atoms with Gasteiger partial charge in [0.2, 0.25) is 0 Å². The van der Waals surface area contributed by atoms with Gasteiger partial charge in [-0.15, -0.1) is 0 Å².